The van der Waals surface area contributed by atoms with E-state index in [2.05, 4.69) is 5.32 Å². The number of likely N-dealkylation sites (N-methyl/N-ethyl adjacent to an activating group) is 1. The second-order valence-electron chi connectivity index (χ2n) is 9.76. The minimum absolute atomic E-state index is 0.0383. The molecule has 0 fully saturated rings. The Morgan fingerprint density at radius 2 is 1.48 bits per heavy atom. The van der Waals surface area contributed by atoms with Gasteiger partial charge >= 0.3 is 0 Å². The molecule has 0 aliphatic heterocycles. The van der Waals surface area contributed by atoms with Crippen LogP contribution < -0.4 is 9.62 Å². The van der Waals surface area contributed by atoms with Crippen molar-refractivity contribution in [2.24, 2.45) is 0 Å². The molecule has 10 heteroatoms. The van der Waals surface area contributed by atoms with Crippen molar-refractivity contribution in [3.63, 3.8) is 0 Å². The molecule has 214 valence electrons. The standard InChI is InChI=1S/C30H35Cl2N3O4S/c1-6-28(30(37)33-7-2)34(18-23-10-13-26(31)27(32)17-23)29(36)19-35(24-15-21(4)14-22(5)16-24)40(38,39)25-11-8-20(3)9-12-25/h8-17,28H,6-7,18-19H2,1-5H3,(H,33,37)/t28-/m0/s1. The molecule has 0 heterocycles. The molecule has 0 unspecified atom stereocenters. The Hall–Kier alpha value is -3.07. The number of carbonyl (C=O) groups excluding carboxylic acids is 2. The number of hydrogen-bond acceptors (Lipinski definition) is 4. The molecule has 0 aromatic heterocycles. The number of carbonyl (C=O) groups is 2. The van der Waals surface area contributed by atoms with Gasteiger partial charge in [0.2, 0.25) is 11.8 Å². The first-order valence-electron chi connectivity index (χ1n) is 13.1. The Balaban J connectivity index is 2.10. The van der Waals surface area contributed by atoms with Gasteiger partial charge < -0.3 is 10.2 Å². The van der Waals surface area contributed by atoms with Crippen LogP contribution in [0.4, 0.5) is 5.69 Å². The van der Waals surface area contributed by atoms with E-state index < -0.39 is 28.5 Å². The summed E-state index contributed by atoms with van der Waals surface area (Å²) in [5, 5.41) is 3.47. The number of aryl methyl sites for hydroxylation is 3. The lowest BCUT2D eigenvalue weighted by Crippen LogP contribution is -2.52. The van der Waals surface area contributed by atoms with E-state index in [1.807, 2.05) is 26.8 Å². The zero-order chi connectivity index (χ0) is 29.6. The second-order valence-corrected chi connectivity index (χ2v) is 12.4. The maximum atomic E-state index is 14.1. The molecule has 1 N–H and O–H groups in total. The number of nitrogens with zero attached hydrogens (tertiary/aromatic N) is 2. The van der Waals surface area contributed by atoms with Crippen LogP contribution in [0.1, 0.15) is 42.5 Å². The molecule has 0 saturated heterocycles. The van der Waals surface area contributed by atoms with Gasteiger partial charge in [0, 0.05) is 13.1 Å². The first-order valence-corrected chi connectivity index (χ1v) is 15.3. The number of halogens is 2. The minimum Gasteiger partial charge on any atom is -0.355 e. The van der Waals surface area contributed by atoms with Gasteiger partial charge in [-0.25, -0.2) is 8.42 Å². The molecular weight excluding hydrogens is 569 g/mol. The molecule has 0 aliphatic rings. The molecule has 0 saturated carbocycles. The molecule has 3 aromatic rings. The van der Waals surface area contributed by atoms with Gasteiger partial charge in [-0.3, -0.25) is 13.9 Å². The fraction of sp³-hybridized carbons (Fsp3) is 0.333. The van der Waals surface area contributed by atoms with Crippen LogP contribution in [0.2, 0.25) is 10.0 Å². The summed E-state index contributed by atoms with van der Waals surface area (Å²) in [6.07, 6.45) is 0.327. The smallest absolute Gasteiger partial charge is 0.264 e. The predicted octanol–water partition coefficient (Wildman–Crippen LogP) is 6.06. The van der Waals surface area contributed by atoms with E-state index in [0.717, 1.165) is 21.0 Å². The summed E-state index contributed by atoms with van der Waals surface area (Å²) in [5.74, 6) is -0.850. The van der Waals surface area contributed by atoms with Crippen LogP contribution in [0.3, 0.4) is 0 Å². The van der Waals surface area contributed by atoms with Crippen LogP contribution >= 0.6 is 23.2 Å². The summed E-state index contributed by atoms with van der Waals surface area (Å²) in [7, 11) is -4.13. The third kappa shape index (κ3) is 7.56. The highest BCUT2D eigenvalue weighted by molar-refractivity contribution is 7.92. The van der Waals surface area contributed by atoms with E-state index in [4.69, 9.17) is 23.2 Å². The van der Waals surface area contributed by atoms with Gasteiger partial charge in [0.1, 0.15) is 12.6 Å². The average molecular weight is 605 g/mol. The first-order chi connectivity index (χ1) is 18.9. The predicted molar refractivity (Wildman–Crippen MR) is 161 cm³/mol. The van der Waals surface area contributed by atoms with Crippen LogP contribution in [-0.4, -0.2) is 44.3 Å². The van der Waals surface area contributed by atoms with Crippen LogP contribution in [-0.2, 0) is 26.2 Å². The normalized spacial score (nSPS) is 12.1. The van der Waals surface area contributed by atoms with Gasteiger partial charge in [0.15, 0.2) is 0 Å². The molecular formula is C30H35Cl2N3O4S. The summed E-state index contributed by atoms with van der Waals surface area (Å²) in [4.78, 5) is 28.6. The minimum atomic E-state index is -4.13. The third-order valence-electron chi connectivity index (χ3n) is 6.46. The lowest BCUT2D eigenvalue weighted by molar-refractivity contribution is -0.140. The molecule has 0 aliphatic carbocycles. The molecule has 0 spiro atoms. The van der Waals surface area contributed by atoms with Gasteiger partial charge in [0.25, 0.3) is 10.0 Å². The van der Waals surface area contributed by atoms with E-state index in [0.29, 0.717) is 34.3 Å². The number of hydrogen-bond donors (Lipinski definition) is 1. The molecule has 0 radical (unpaired) electrons. The lowest BCUT2D eigenvalue weighted by Gasteiger charge is -2.33. The fourth-order valence-corrected chi connectivity index (χ4v) is 6.23. The number of anilines is 1. The monoisotopic (exact) mass is 603 g/mol. The van der Waals surface area contributed by atoms with Gasteiger partial charge in [-0.15, -0.1) is 0 Å². The first kappa shape index (κ1) is 31.5. The molecule has 3 aromatic carbocycles. The van der Waals surface area contributed by atoms with Crippen molar-refractivity contribution in [1.82, 2.24) is 10.2 Å². The van der Waals surface area contributed by atoms with E-state index in [1.165, 1.54) is 17.0 Å². The Morgan fingerprint density at radius 1 is 0.850 bits per heavy atom. The summed E-state index contributed by atoms with van der Waals surface area (Å²) in [6, 6.07) is 16.0. The lowest BCUT2D eigenvalue weighted by atomic mass is 10.1. The Bertz CT molecular complexity index is 1460. The summed E-state index contributed by atoms with van der Waals surface area (Å²) >= 11 is 12.3. The number of nitrogens with one attached hydrogen (secondary N) is 1. The van der Waals surface area contributed by atoms with Gasteiger partial charge in [0.05, 0.1) is 20.6 Å². The number of rotatable bonds is 11. The van der Waals surface area contributed by atoms with Crippen molar-refractivity contribution in [1.29, 1.82) is 0 Å². The number of amides is 2. The molecule has 40 heavy (non-hydrogen) atoms. The quantitative estimate of drug-likeness (QED) is 0.289. The molecule has 1 atom stereocenters. The Labute approximate surface area is 247 Å². The fourth-order valence-electron chi connectivity index (χ4n) is 4.51. The third-order valence-corrected chi connectivity index (χ3v) is 8.98. The zero-order valence-corrected chi connectivity index (χ0v) is 25.7. The van der Waals surface area contributed by atoms with E-state index in [-0.39, 0.29) is 17.3 Å². The van der Waals surface area contributed by atoms with Crippen LogP contribution in [0.25, 0.3) is 0 Å². The average Bonchev–Trinajstić information content (AvgIpc) is 2.88. The summed E-state index contributed by atoms with van der Waals surface area (Å²) in [5.41, 5.74) is 3.64. The van der Waals surface area contributed by atoms with Crippen molar-refractivity contribution >= 4 is 50.7 Å². The summed E-state index contributed by atoms with van der Waals surface area (Å²) in [6.45, 7) is 9.13. The zero-order valence-electron chi connectivity index (χ0n) is 23.4. The SMILES string of the molecule is CCNC(=O)[C@H](CC)N(Cc1ccc(Cl)c(Cl)c1)C(=O)CN(c1cc(C)cc(C)c1)S(=O)(=O)c1ccc(C)cc1. The molecule has 7 nitrogen and oxygen atoms in total. The van der Waals surface area contributed by atoms with Crippen molar-refractivity contribution in [3.05, 3.63) is 93.0 Å². The highest BCUT2D eigenvalue weighted by Crippen LogP contribution is 2.28. The van der Waals surface area contributed by atoms with Crippen molar-refractivity contribution in [3.8, 4) is 0 Å². The molecule has 3 rings (SSSR count). The Morgan fingerprint density at radius 3 is 2.02 bits per heavy atom. The van der Waals surface area contributed by atoms with Crippen molar-refractivity contribution in [2.45, 2.75) is 58.5 Å². The number of benzene rings is 3. The highest BCUT2D eigenvalue weighted by Gasteiger charge is 2.33. The Kier molecular flexibility index (Phi) is 10.6. The molecule has 2 amide bonds. The van der Waals surface area contributed by atoms with E-state index in [9.17, 15) is 18.0 Å². The largest absolute Gasteiger partial charge is 0.355 e. The maximum absolute atomic E-state index is 14.1. The van der Waals surface area contributed by atoms with Crippen LogP contribution in [0, 0.1) is 20.8 Å². The van der Waals surface area contributed by atoms with Gasteiger partial charge in [-0.05, 0) is 87.2 Å². The highest BCUT2D eigenvalue weighted by atomic mass is 35.5. The maximum Gasteiger partial charge on any atom is 0.264 e. The summed E-state index contributed by atoms with van der Waals surface area (Å²) < 4.78 is 29.1. The van der Waals surface area contributed by atoms with E-state index in [1.54, 1.807) is 56.3 Å². The topological polar surface area (TPSA) is 86.8 Å². The van der Waals surface area contributed by atoms with Crippen LogP contribution in [0.5, 0.6) is 0 Å². The van der Waals surface area contributed by atoms with Gasteiger partial charge in [-0.1, -0.05) is 60.0 Å². The van der Waals surface area contributed by atoms with E-state index >= 15 is 0 Å². The second kappa shape index (κ2) is 13.5. The number of sulfonamides is 1. The molecule has 0 bridgehead atoms. The van der Waals surface area contributed by atoms with Crippen LogP contribution in [0.15, 0.2) is 65.6 Å². The van der Waals surface area contributed by atoms with Crippen molar-refractivity contribution < 1.29 is 18.0 Å². The van der Waals surface area contributed by atoms with Gasteiger partial charge in [-0.2, -0.15) is 0 Å². The van der Waals surface area contributed by atoms with Crippen molar-refractivity contribution in [2.75, 3.05) is 17.4 Å².